The Hall–Kier alpha value is -3.19. The van der Waals surface area contributed by atoms with Crippen LogP contribution in [0.1, 0.15) is 35.9 Å². The first-order chi connectivity index (χ1) is 14.0. The summed E-state index contributed by atoms with van der Waals surface area (Å²) in [5.74, 6) is -1.19. The molecule has 0 bridgehead atoms. The maximum absolute atomic E-state index is 12.3. The molecule has 0 unspecified atom stereocenters. The molecule has 1 N–H and O–H groups in total. The van der Waals surface area contributed by atoms with Gasteiger partial charge in [0.1, 0.15) is 0 Å². The van der Waals surface area contributed by atoms with E-state index in [0.29, 0.717) is 29.9 Å². The average molecular weight is 398 g/mol. The van der Waals surface area contributed by atoms with Gasteiger partial charge in [-0.05, 0) is 43.7 Å². The maximum atomic E-state index is 12.3. The van der Waals surface area contributed by atoms with Crippen molar-refractivity contribution < 1.29 is 23.9 Å². The van der Waals surface area contributed by atoms with Crippen molar-refractivity contribution in [1.82, 2.24) is 4.90 Å². The van der Waals surface area contributed by atoms with E-state index in [2.05, 4.69) is 5.32 Å². The van der Waals surface area contributed by atoms with Crippen LogP contribution in [0.15, 0.2) is 54.6 Å². The fraction of sp³-hybridized carbons (Fsp3) is 0.318. The number of anilines is 1. The van der Waals surface area contributed by atoms with Gasteiger partial charge in [-0.25, -0.2) is 4.79 Å². The van der Waals surface area contributed by atoms with Gasteiger partial charge in [-0.3, -0.25) is 9.59 Å². The third-order valence-corrected chi connectivity index (χ3v) is 4.36. The van der Waals surface area contributed by atoms with Gasteiger partial charge in [0, 0.05) is 31.5 Å². The predicted octanol–water partition coefficient (Wildman–Crippen LogP) is 3.04. The fourth-order valence-electron chi connectivity index (χ4n) is 2.80. The van der Waals surface area contributed by atoms with E-state index in [4.69, 9.17) is 9.47 Å². The van der Waals surface area contributed by atoms with Crippen LogP contribution in [0.25, 0.3) is 0 Å². The molecule has 2 aromatic carbocycles. The lowest BCUT2D eigenvalue weighted by Crippen LogP contribution is -2.30. The Balaban J connectivity index is 1.89. The van der Waals surface area contributed by atoms with Crippen LogP contribution >= 0.6 is 0 Å². The molecule has 0 saturated heterocycles. The van der Waals surface area contributed by atoms with E-state index in [1.165, 1.54) is 7.11 Å². The van der Waals surface area contributed by atoms with E-state index in [9.17, 15) is 14.4 Å². The lowest BCUT2D eigenvalue weighted by atomic mass is 10.1. The highest BCUT2D eigenvalue weighted by Gasteiger charge is 2.22. The summed E-state index contributed by atoms with van der Waals surface area (Å²) in [5, 5.41) is 2.64. The fourth-order valence-corrected chi connectivity index (χ4v) is 2.80. The van der Waals surface area contributed by atoms with Gasteiger partial charge in [-0.15, -0.1) is 0 Å². The van der Waals surface area contributed by atoms with E-state index >= 15 is 0 Å². The second-order valence-electron chi connectivity index (χ2n) is 6.24. The largest absolute Gasteiger partial charge is 0.453 e. The maximum Gasteiger partial charge on any atom is 0.340 e. The van der Waals surface area contributed by atoms with Crippen molar-refractivity contribution in [3.8, 4) is 0 Å². The molecule has 7 heteroatoms. The molecule has 0 aliphatic rings. The SMILES string of the molecule is CCN(CC)C(=O)c1ccc(NC(=O)COC(=O)[C@H](OC)c2ccccc2)cc1. The van der Waals surface area contributed by atoms with E-state index in [-0.39, 0.29) is 5.91 Å². The minimum Gasteiger partial charge on any atom is -0.453 e. The van der Waals surface area contributed by atoms with Gasteiger partial charge >= 0.3 is 5.97 Å². The van der Waals surface area contributed by atoms with Crippen LogP contribution in [-0.2, 0) is 19.1 Å². The Labute approximate surface area is 170 Å². The van der Waals surface area contributed by atoms with Gasteiger partial charge in [-0.2, -0.15) is 0 Å². The van der Waals surface area contributed by atoms with E-state index < -0.39 is 24.6 Å². The molecule has 1 atom stereocenters. The Kier molecular flexibility index (Phi) is 8.36. The minimum atomic E-state index is -0.894. The van der Waals surface area contributed by atoms with Crippen LogP contribution < -0.4 is 5.32 Å². The van der Waals surface area contributed by atoms with Gasteiger partial charge in [0.15, 0.2) is 12.7 Å². The summed E-state index contributed by atoms with van der Waals surface area (Å²) in [6.07, 6.45) is -0.894. The Morgan fingerprint density at radius 1 is 0.966 bits per heavy atom. The van der Waals surface area contributed by atoms with Gasteiger partial charge < -0.3 is 19.7 Å². The van der Waals surface area contributed by atoms with Crippen LogP contribution in [0.2, 0.25) is 0 Å². The van der Waals surface area contributed by atoms with Crippen molar-refractivity contribution in [3.05, 3.63) is 65.7 Å². The molecule has 154 valence electrons. The van der Waals surface area contributed by atoms with Crippen molar-refractivity contribution in [3.63, 3.8) is 0 Å². The monoisotopic (exact) mass is 398 g/mol. The molecule has 0 spiro atoms. The first-order valence-corrected chi connectivity index (χ1v) is 9.43. The molecular weight excluding hydrogens is 372 g/mol. The topological polar surface area (TPSA) is 84.9 Å². The third-order valence-electron chi connectivity index (χ3n) is 4.36. The van der Waals surface area contributed by atoms with Crippen LogP contribution in [0.5, 0.6) is 0 Å². The Bertz CT molecular complexity index is 817. The smallest absolute Gasteiger partial charge is 0.340 e. The first kappa shape index (κ1) is 22.1. The van der Waals surface area contributed by atoms with Crippen molar-refractivity contribution in [2.45, 2.75) is 20.0 Å². The number of hydrogen-bond acceptors (Lipinski definition) is 5. The highest BCUT2D eigenvalue weighted by molar-refractivity contribution is 5.96. The van der Waals surface area contributed by atoms with Gasteiger partial charge in [0.05, 0.1) is 0 Å². The van der Waals surface area contributed by atoms with Crippen LogP contribution in [-0.4, -0.2) is 49.5 Å². The van der Waals surface area contributed by atoms with Gasteiger partial charge in [-0.1, -0.05) is 30.3 Å². The molecule has 0 heterocycles. The number of rotatable bonds is 9. The highest BCUT2D eigenvalue weighted by Crippen LogP contribution is 2.18. The molecule has 0 aliphatic heterocycles. The van der Waals surface area contributed by atoms with E-state index in [1.54, 1.807) is 53.4 Å². The summed E-state index contributed by atoms with van der Waals surface area (Å²) >= 11 is 0. The second kappa shape index (κ2) is 11.0. The number of benzene rings is 2. The predicted molar refractivity (Wildman–Crippen MR) is 109 cm³/mol. The summed E-state index contributed by atoms with van der Waals surface area (Å²) in [4.78, 5) is 38.3. The minimum absolute atomic E-state index is 0.0617. The highest BCUT2D eigenvalue weighted by atomic mass is 16.6. The summed E-state index contributed by atoms with van der Waals surface area (Å²) in [6.45, 7) is 4.66. The number of nitrogens with one attached hydrogen (secondary N) is 1. The zero-order valence-electron chi connectivity index (χ0n) is 16.9. The molecule has 0 radical (unpaired) electrons. The number of esters is 1. The molecule has 7 nitrogen and oxygen atoms in total. The normalized spacial score (nSPS) is 11.4. The van der Waals surface area contributed by atoms with Gasteiger partial charge in [0.2, 0.25) is 0 Å². The summed E-state index contributed by atoms with van der Waals surface area (Å²) < 4.78 is 10.2. The van der Waals surface area contributed by atoms with E-state index in [1.807, 2.05) is 19.9 Å². The Morgan fingerprint density at radius 2 is 1.59 bits per heavy atom. The Morgan fingerprint density at radius 3 is 2.14 bits per heavy atom. The molecule has 0 saturated carbocycles. The molecule has 2 amide bonds. The number of nitrogens with zero attached hydrogens (tertiary/aromatic N) is 1. The molecule has 29 heavy (non-hydrogen) atoms. The molecule has 2 rings (SSSR count). The lowest BCUT2D eigenvalue weighted by Gasteiger charge is -2.18. The lowest BCUT2D eigenvalue weighted by molar-refractivity contribution is -0.158. The van der Waals surface area contributed by atoms with Crippen LogP contribution in [0.3, 0.4) is 0 Å². The van der Waals surface area contributed by atoms with Crippen LogP contribution in [0.4, 0.5) is 5.69 Å². The standard InChI is InChI=1S/C22H26N2O5/c1-4-24(5-2)21(26)17-11-13-18(14-12-17)23-19(25)15-29-22(27)20(28-3)16-9-7-6-8-10-16/h6-14,20H,4-5,15H2,1-3H3,(H,23,25)/t20-/m1/s1. The summed E-state index contributed by atoms with van der Waals surface area (Å²) in [6, 6.07) is 15.5. The zero-order valence-corrected chi connectivity index (χ0v) is 16.9. The molecular formula is C22H26N2O5. The van der Waals surface area contributed by atoms with Crippen molar-refractivity contribution in [2.75, 3.05) is 32.1 Å². The van der Waals surface area contributed by atoms with Crippen molar-refractivity contribution >= 4 is 23.5 Å². The molecule has 2 aromatic rings. The number of ether oxygens (including phenoxy) is 2. The van der Waals surface area contributed by atoms with Crippen molar-refractivity contribution in [1.29, 1.82) is 0 Å². The summed E-state index contributed by atoms with van der Waals surface area (Å²) in [7, 11) is 1.40. The van der Waals surface area contributed by atoms with Gasteiger partial charge in [0.25, 0.3) is 11.8 Å². The molecule has 0 fully saturated rings. The molecule has 0 aliphatic carbocycles. The second-order valence-corrected chi connectivity index (χ2v) is 6.24. The number of hydrogen-bond donors (Lipinski definition) is 1. The van der Waals surface area contributed by atoms with Crippen LogP contribution in [0, 0.1) is 0 Å². The summed E-state index contributed by atoms with van der Waals surface area (Å²) in [5.41, 5.74) is 1.70. The zero-order chi connectivity index (χ0) is 21.2. The number of carbonyl (C=O) groups excluding carboxylic acids is 3. The van der Waals surface area contributed by atoms with Crippen molar-refractivity contribution in [2.24, 2.45) is 0 Å². The quantitative estimate of drug-likeness (QED) is 0.657. The number of carbonyl (C=O) groups is 3. The number of methoxy groups -OCH3 is 1. The number of amides is 2. The van der Waals surface area contributed by atoms with E-state index in [0.717, 1.165) is 0 Å². The third kappa shape index (κ3) is 6.15. The first-order valence-electron chi connectivity index (χ1n) is 9.43. The average Bonchev–Trinajstić information content (AvgIpc) is 2.75. The molecule has 0 aromatic heterocycles.